The molecule has 0 fully saturated rings. The summed E-state index contributed by atoms with van der Waals surface area (Å²) in [5.41, 5.74) is 0. The van der Waals surface area contributed by atoms with Crippen molar-refractivity contribution in [2.75, 3.05) is 30.8 Å². The van der Waals surface area contributed by atoms with Crippen LogP contribution in [0.25, 0.3) is 0 Å². The largest absolute Gasteiger partial charge is 0.379 e. The van der Waals surface area contributed by atoms with Crippen molar-refractivity contribution in [3.63, 3.8) is 0 Å². The van der Waals surface area contributed by atoms with Gasteiger partial charge in [-0.05, 0) is 26.7 Å². The Morgan fingerprint density at radius 2 is 2.17 bits per heavy atom. The van der Waals surface area contributed by atoms with Crippen molar-refractivity contribution >= 4 is 23.4 Å². The highest BCUT2D eigenvalue weighted by Gasteiger charge is 2.03. The molecule has 18 heavy (non-hydrogen) atoms. The SMILES string of the molecule is CNc1ncc(Cl)c(NCCCCOC(C)C)n1. The van der Waals surface area contributed by atoms with Gasteiger partial charge in [0.2, 0.25) is 5.95 Å². The maximum atomic E-state index is 5.99. The number of nitrogens with one attached hydrogen (secondary N) is 2. The summed E-state index contributed by atoms with van der Waals surface area (Å²) in [5.74, 6) is 1.23. The molecule has 6 heteroatoms. The molecule has 2 N–H and O–H groups in total. The molecule has 1 rings (SSSR count). The third-order valence-corrected chi connectivity index (χ3v) is 2.56. The van der Waals surface area contributed by atoms with Crippen molar-refractivity contribution in [1.82, 2.24) is 9.97 Å². The van der Waals surface area contributed by atoms with Crippen LogP contribution in [0.1, 0.15) is 26.7 Å². The highest BCUT2D eigenvalue weighted by Crippen LogP contribution is 2.18. The Balaban J connectivity index is 2.26. The smallest absolute Gasteiger partial charge is 0.224 e. The van der Waals surface area contributed by atoms with Gasteiger partial charge in [0, 0.05) is 20.2 Å². The number of ether oxygens (including phenoxy) is 1. The Morgan fingerprint density at radius 1 is 1.39 bits per heavy atom. The molecule has 1 aromatic rings. The normalized spacial score (nSPS) is 10.7. The molecule has 0 saturated heterocycles. The fourth-order valence-corrected chi connectivity index (χ4v) is 1.52. The van der Waals surface area contributed by atoms with Gasteiger partial charge in [-0.25, -0.2) is 4.98 Å². The van der Waals surface area contributed by atoms with E-state index in [2.05, 4.69) is 20.6 Å². The summed E-state index contributed by atoms with van der Waals surface area (Å²) in [4.78, 5) is 8.26. The molecular formula is C12H21ClN4O. The van der Waals surface area contributed by atoms with Crippen LogP contribution >= 0.6 is 11.6 Å². The van der Waals surface area contributed by atoms with E-state index in [0.717, 1.165) is 26.0 Å². The fourth-order valence-electron chi connectivity index (χ4n) is 1.36. The second kappa shape index (κ2) is 8.11. The van der Waals surface area contributed by atoms with Gasteiger partial charge in [0.05, 0.1) is 12.3 Å². The first-order valence-electron chi connectivity index (χ1n) is 6.19. The lowest BCUT2D eigenvalue weighted by atomic mass is 10.3. The van der Waals surface area contributed by atoms with Crippen LogP contribution in [0.4, 0.5) is 11.8 Å². The molecule has 1 aromatic heterocycles. The van der Waals surface area contributed by atoms with E-state index in [4.69, 9.17) is 16.3 Å². The molecule has 0 unspecified atom stereocenters. The molecule has 0 bridgehead atoms. The fraction of sp³-hybridized carbons (Fsp3) is 0.667. The zero-order valence-electron chi connectivity index (χ0n) is 11.2. The average Bonchev–Trinajstić information content (AvgIpc) is 2.35. The molecule has 102 valence electrons. The van der Waals surface area contributed by atoms with Crippen LogP contribution in [-0.4, -0.2) is 36.3 Å². The van der Waals surface area contributed by atoms with Crippen molar-refractivity contribution in [3.8, 4) is 0 Å². The number of hydrogen-bond acceptors (Lipinski definition) is 5. The van der Waals surface area contributed by atoms with E-state index >= 15 is 0 Å². The lowest BCUT2D eigenvalue weighted by Gasteiger charge is -2.09. The van der Waals surface area contributed by atoms with Gasteiger partial charge in [-0.15, -0.1) is 0 Å². The first kappa shape index (κ1) is 15.0. The molecule has 0 aliphatic rings. The van der Waals surface area contributed by atoms with E-state index < -0.39 is 0 Å². The van der Waals surface area contributed by atoms with Crippen molar-refractivity contribution in [2.24, 2.45) is 0 Å². The van der Waals surface area contributed by atoms with Crippen LogP contribution in [0, 0.1) is 0 Å². The number of hydrogen-bond donors (Lipinski definition) is 2. The highest BCUT2D eigenvalue weighted by molar-refractivity contribution is 6.32. The van der Waals surface area contributed by atoms with Crippen LogP contribution in [0.2, 0.25) is 5.02 Å². The second-order valence-electron chi connectivity index (χ2n) is 4.19. The summed E-state index contributed by atoms with van der Waals surface area (Å²) in [7, 11) is 1.77. The molecule has 0 spiro atoms. The molecule has 5 nitrogen and oxygen atoms in total. The summed E-state index contributed by atoms with van der Waals surface area (Å²) < 4.78 is 5.46. The molecule has 0 aliphatic carbocycles. The Morgan fingerprint density at radius 3 is 2.83 bits per heavy atom. The van der Waals surface area contributed by atoms with Gasteiger partial charge in [-0.1, -0.05) is 11.6 Å². The predicted molar refractivity (Wildman–Crippen MR) is 75.4 cm³/mol. The monoisotopic (exact) mass is 272 g/mol. The van der Waals surface area contributed by atoms with Gasteiger partial charge in [0.15, 0.2) is 0 Å². The lowest BCUT2D eigenvalue weighted by molar-refractivity contribution is 0.0765. The molecule has 0 amide bonds. The number of aromatic nitrogens is 2. The predicted octanol–water partition coefficient (Wildman–Crippen LogP) is 2.79. The molecular weight excluding hydrogens is 252 g/mol. The summed E-state index contributed by atoms with van der Waals surface area (Å²) in [6, 6.07) is 0. The molecule has 0 aromatic carbocycles. The Bertz CT molecular complexity index is 360. The molecule has 1 heterocycles. The third kappa shape index (κ3) is 5.51. The molecule has 0 radical (unpaired) electrons. The maximum absolute atomic E-state index is 5.99. The summed E-state index contributed by atoms with van der Waals surface area (Å²) in [6.07, 6.45) is 3.92. The third-order valence-electron chi connectivity index (χ3n) is 2.28. The van der Waals surface area contributed by atoms with Gasteiger partial charge in [-0.3, -0.25) is 0 Å². The Hall–Kier alpha value is -1.07. The van der Waals surface area contributed by atoms with Gasteiger partial charge in [0.25, 0.3) is 0 Å². The lowest BCUT2D eigenvalue weighted by Crippen LogP contribution is -2.09. The number of unbranched alkanes of at least 4 members (excludes halogenated alkanes) is 1. The minimum absolute atomic E-state index is 0.299. The van der Waals surface area contributed by atoms with Crippen LogP contribution in [0.3, 0.4) is 0 Å². The minimum atomic E-state index is 0.299. The van der Waals surface area contributed by atoms with E-state index in [-0.39, 0.29) is 0 Å². The van der Waals surface area contributed by atoms with Crippen molar-refractivity contribution in [3.05, 3.63) is 11.2 Å². The standard InChI is InChI=1S/C12H21ClN4O/c1-9(2)18-7-5-4-6-15-11-10(13)8-16-12(14-3)17-11/h8-9H,4-7H2,1-3H3,(H2,14,15,16,17). The summed E-state index contributed by atoms with van der Waals surface area (Å²) >= 11 is 5.99. The van der Waals surface area contributed by atoms with Crippen molar-refractivity contribution in [2.45, 2.75) is 32.8 Å². The molecule has 0 saturated carbocycles. The first-order chi connectivity index (χ1) is 8.63. The maximum Gasteiger partial charge on any atom is 0.224 e. The van der Waals surface area contributed by atoms with Crippen molar-refractivity contribution in [1.29, 1.82) is 0 Å². The van der Waals surface area contributed by atoms with Crippen molar-refractivity contribution < 1.29 is 4.74 Å². The average molecular weight is 273 g/mol. The summed E-state index contributed by atoms with van der Waals surface area (Å²) in [6.45, 7) is 5.69. The van der Waals surface area contributed by atoms with Crippen LogP contribution in [0.5, 0.6) is 0 Å². The molecule has 0 aliphatic heterocycles. The van der Waals surface area contributed by atoms with E-state index in [1.165, 1.54) is 0 Å². The van der Waals surface area contributed by atoms with Gasteiger partial charge in [0.1, 0.15) is 10.8 Å². The zero-order valence-corrected chi connectivity index (χ0v) is 11.9. The quantitative estimate of drug-likeness (QED) is 0.713. The van der Waals surface area contributed by atoms with Gasteiger partial charge in [-0.2, -0.15) is 4.98 Å². The van der Waals surface area contributed by atoms with Gasteiger partial charge >= 0.3 is 0 Å². The summed E-state index contributed by atoms with van der Waals surface area (Å²) in [5, 5.41) is 6.61. The van der Waals surface area contributed by atoms with E-state index in [0.29, 0.717) is 22.9 Å². The zero-order chi connectivity index (χ0) is 13.4. The van der Waals surface area contributed by atoms with Crippen LogP contribution in [-0.2, 0) is 4.74 Å². The molecule has 0 atom stereocenters. The van der Waals surface area contributed by atoms with Crippen LogP contribution < -0.4 is 10.6 Å². The number of rotatable bonds is 8. The topological polar surface area (TPSA) is 59.1 Å². The van der Waals surface area contributed by atoms with Crippen LogP contribution in [0.15, 0.2) is 6.20 Å². The Kier molecular flexibility index (Phi) is 6.75. The first-order valence-corrected chi connectivity index (χ1v) is 6.57. The Labute approximate surface area is 113 Å². The number of halogens is 1. The minimum Gasteiger partial charge on any atom is -0.379 e. The number of anilines is 2. The van der Waals surface area contributed by atoms with E-state index in [1.807, 2.05) is 13.8 Å². The highest BCUT2D eigenvalue weighted by atomic mass is 35.5. The second-order valence-corrected chi connectivity index (χ2v) is 4.60. The van der Waals surface area contributed by atoms with Gasteiger partial charge < -0.3 is 15.4 Å². The van der Waals surface area contributed by atoms with E-state index in [1.54, 1.807) is 13.2 Å². The van der Waals surface area contributed by atoms with E-state index in [9.17, 15) is 0 Å². The number of nitrogens with zero attached hydrogens (tertiary/aromatic N) is 2.